The van der Waals surface area contributed by atoms with Crippen LogP contribution in [0, 0.1) is 6.92 Å². The SMILES string of the molecule is CSCC(C)(O)CNc1cc(C)cc(N)c1. The first-order valence-corrected chi connectivity index (χ1v) is 6.65. The van der Waals surface area contributed by atoms with Crippen molar-refractivity contribution in [2.75, 3.05) is 29.6 Å². The van der Waals surface area contributed by atoms with Crippen LogP contribution in [0.2, 0.25) is 0 Å². The fraction of sp³-hybridized carbons (Fsp3) is 0.500. The molecule has 0 bridgehead atoms. The monoisotopic (exact) mass is 240 g/mol. The highest BCUT2D eigenvalue weighted by molar-refractivity contribution is 7.98. The van der Waals surface area contributed by atoms with E-state index >= 15 is 0 Å². The number of hydrogen-bond donors (Lipinski definition) is 3. The first-order valence-electron chi connectivity index (χ1n) is 5.25. The molecule has 0 radical (unpaired) electrons. The smallest absolute Gasteiger partial charge is 0.0880 e. The Morgan fingerprint density at radius 3 is 2.69 bits per heavy atom. The molecule has 0 saturated carbocycles. The Bertz CT molecular complexity index is 333. The van der Waals surface area contributed by atoms with Crippen molar-refractivity contribution in [3.8, 4) is 0 Å². The average Bonchev–Trinajstić information content (AvgIpc) is 2.13. The van der Waals surface area contributed by atoms with E-state index in [0.717, 1.165) is 16.9 Å². The Morgan fingerprint density at radius 1 is 1.44 bits per heavy atom. The van der Waals surface area contributed by atoms with Crippen molar-refractivity contribution in [3.63, 3.8) is 0 Å². The normalized spacial score (nSPS) is 14.5. The molecule has 0 aliphatic rings. The van der Waals surface area contributed by atoms with E-state index in [4.69, 9.17) is 5.73 Å². The highest BCUT2D eigenvalue weighted by Crippen LogP contribution is 2.18. The lowest BCUT2D eigenvalue weighted by molar-refractivity contribution is 0.0997. The van der Waals surface area contributed by atoms with E-state index in [0.29, 0.717) is 12.3 Å². The summed E-state index contributed by atoms with van der Waals surface area (Å²) >= 11 is 1.64. The van der Waals surface area contributed by atoms with Crippen molar-refractivity contribution in [1.82, 2.24) is 0 Å². The van der Waals surface area contributed by atoms with Crippen LogP contribution >= 0.6 is 11.8 Å². The summed E-state index contributed by atoms with van der Waals surface area (Å²) in [6, 6.07) is 5.82. The van der Waals surface area contributed by atoms with E-state index in [1.807, 2.05) is 38.3 Å². The number of rotatable bonds is 5. The molecule has 4 heteroatoms. The number of aliphatic hydroxyl groups is 1. The zero-order valence-corrected chi connectivity index (χ0v) is 10.9. The molecule has 3 nitrogen and oxygen atoms in total. The van der Waals surface area contributed by atoms with Gasteiger partial charge in [-0.2, -0.15) is 11.8 Å². The zero-order chi connectivity index (χ0) is 12.2. The molecule has 0 aliphatic heterocycles. The van der Waals surface area contributed by atoms with Gasteiger partial charge in [-0.25, -0.2) is 0 Å². The van der Waals surface area contributed by atoms with Crippen molar-refractivity contribution < 1.29 is 5.11 Å². The van der Waals surface area contributed by atoms with E-state index < -0.39 is 5.60 Å². The molecule has 16 heavy (non-hydrogen) atoms. The number of benzene rings is 1. The van der Waals surface area contributed by atoms with Gasteiger partial charge in [0.25, 0.3) is 0 Å². The van der Waals surface area contributed by atoms with Crippen LogP contribution in [0.1, 0.15) is 12.5 Å². The highest BCUT2D eigenvalue weighted by Gasteiger charge is 2.18. The summed E-state index contributed by atoms with van der Waals surface area (Å²) in [5.74, 6) is 0.710. The van der Waals surface area contributed by atoms with Crippen LogP contribution in [-0.2, 0) is 0 Å². The first kappa shape index (κ1) is 13.2. The molecule has 0 aliphatic carbocycles. The fourth-order valence-electron chi connectivity index (χ4n) is 1.57. The molecule has 0 saturated heterocycles. The quantitative estimate of drug-likeness (QED) is 0.690. The van der Waals surface area contributed by atoms with Gasteiger partial charge in [0, 0.05) is 23.7 Å². The Morgan fingerprint density at radius 2 is 2.12 bits per heavy atom. The van der Waals surface area contributed by atoms with Gasteiger partial charge < -0.3 is 16.2 Å². The van der Waals surface area contributed by atoms with Gasteiger partial charge >= 0.3 is 0 Å². The van der Waals surface area contributed by atoms with E-state index in [1.54, 1.807) is 11.8 Å². The van der Waals surface area contributed by atoms with Crippen molar-refractivity contribution in [2.45, 2.75) is 19.4 Å². The molecule has 1 unspecified atom stereocenters. The van der Waals surface area contributed by atoms with Gasteiger partial charge in [0.15, 0.2) is 0 Å². The minimum atomic E-state index is -0.697. The van der Waals surface area contributed by atoms with Gasteiger partial charge in [0.05, 0.1) is 5.60 Å². The van der Waals surface area contributed by atoms with Crippen molar-refractivity contribution in [3.05, 3.63) is 23.8 Å². The number of aryl methyl sites for hydroxylation is 1. The highest BCUT2D eigenvalue weighted by atomic mass is 32.2. The summed E-state index contributed by atoms with van der Waals surface area (Å²) in [6.45, 7) is 4.36. The van der Waals surface area contributed by atoms with Crippen LogP contribution in [-0.4, -0.2) is 29.3 Å². The molecule has 90 valence electrons. The Hall–Kier alpha value is -0.870. The number of thioether (sulfide) groups is 1. The number of anilines is 2. The average molecular weight is 240 g/mol. The van der Waals surface area contributed by atoms with E-state index in [2.05, 4.69) is 5.32 Å². The molecule has 1 aromatic rings. The lowest BCUT2D eigenvalue weighted by Crippen LogP contribution is -2.36. The summed E-state index contributed by atoms with van der Waals surface area (Å²) < 4.78 is 0. The maximum absolute atomic E-state index is 10.00. The van der Waals surface area contributed by atoms with Crippen molar-refractivity contribution >= 4 is 23.1 Å². The maximum Gasteiger partial charge on any atom is 0.0880 e. The first-order chi connectivity index (χ1) is 7.43. The van der Waals surface area contributed by atoms with E-state index in [1.165, 1.54) is 0 Å². The fourth-order valence-corrected chi connectivity index (χ4v) is 2.29. The van der Waals surface area contributed by atoms with Gasteiger partial charge in [-0.3, -0.25) is 0 Å². The van der Waals surface area contributed by atoms with Gasteiger partial charge in [-0.15, -0.1) is 0 Å². The molecule has 0 fully saturated rings. The molecule has 4 N–H and O–H groups in total. The third-order valence-corrected chi connectivity index (χ3v) is 3.14. The standard InChI is InChI=1S/C12H20N2OS/c1-9-4-10(13)6-11(5-9)14-7-12(2,15)8-16-3/h4-6,14-15H,7-8,13H2,1-3H3. The predicted octanol–water partition coefficient (Wildman–Crippen LogP) is 2.10. The second-order valence-corrected chi connectivity index (χ2v) is 5.28. The second-order valence-electron chi connectivity index (χ2n) is 4.42. The molecule has 0 aromatic heterocycles. The largest absolute Gasteiger partial charge is 0.399 e. The van der Waals surface area contributed by atoms with Gasteiger partial charge in [0.1, 0.15) is 0 Å². The molecule has 1 rings (SSSR count). The lowest BCUT2D eigenvalue weighted by atomic mass is 10.1. The third-order valence-electron chi connectivity index (χ3n) is 2.23. The van der Waals surface area contributed by atoms with Crippen LogP contribution in [0.25, 0.3) is 0 Å². The molecule has 0 amide bonds. The summed E-state index contributed by atoms with van der Waals surface area (Å²) in [6.07, 6.45) is 1.99. The minimum absolute atomic E-state index is 0.525. The molecule has 1 aromatic carbocycles. The second kappa shape index (κ2) is 5.46. The Labute approximate surface area is 101 Å². The van der Waals surface area contributed by atoms with Crippen LogP contribution in [0.4, 0.5) is 11.4 Å². The summed E-state index contributed by atoms with van der Waals surface area (Å²) in [5.41, 5.74) is 7.87. The molecule has 1 atom stereocenters. The molecule has 0 heterocycles. The topological polar surface area (TPSA) is 58.3 Å². The number of nitrogen functional groups attached to an aromatic ring is 1. The number of nitrogens with two attached hydrogens (primary N) is 1. The lowest BCUT2D eigenvalue weighted by Gasteiger charge is -2.23. The third kappa shape index (κ3) is 4.33. The summed E-state index contributed by atoms with van der Waals surface area (Å²) in [7, 11) is 0. The maximum atomic E-state index is 10.00. The van der Waals surface area contributed by atoms with E-state index in [-0.39, 0.29) is 0 Å². The van der Waals surface area contributed by atoms with Crippen LogP contribution < -0.4 is 11.1 Å². The van der Waals surface area contributed by atoms with Crippen molar-refractivity contribution in [1.29, 1.82) is 0 Å². The van der Waals surface area contributed by atoms with Crippen LogP contribution in [0.3, 0.4) is 0 Å². The zero-order valence-electron chi connectivity index (χ0n) is 10.1. The molecular weight excluding hydrogens is 220 g/mol. The van der Waals surface area contributed by atoms with E-state index in [9.17, 15) is 5.11 Å². The van der Waals surface area contributed by atoms with Gasteiger partial charge in [-0.1, -0.05) is 0 Å². The van der Waals surface area contributed by atoms with Crippen LogP contribution in [0.15, 0.2) is 18.2 Å². The summed E-state index contributed by atoms with van der Waals surface area (Å²) in [4.78, 5) is 0. The summed E-state index contributed by atoms with van der Waals surface area (Å²) in [5, 5.41) is 13.2. The number of hydrogen-bond acceptors (Lipinski definition) is 4. The number of nitrogens with one attached hydrogen (secondary N) is 1. The Kier molecular flexibility index (Phi) is 4.50. The van der Waals surface area contributed by atoms with Crippen LogP contribution in [0.5, 0.6) is 0 Å². The van der Waals surface area contributed by atoms with Gasteiger partial charge in [-0.05, 0) is 43.9 Å². The molecular formula is C12H20N2OS. The Balaban J connectivity index is 2.60. The molecule has 0 spiro atoms. The minimum Gasteiger partial charge on any atom is -0.399 e. The predicted molar refractivity (Wildman–Crippen MR) is 73.1 cm³/mol. The van der Waals surface area contributed by atoms with Gasteiger partial charge in [0.2, 0.25) is 0 Å². The van der Waals surface area contributed by atoms with Crippen molar-refractivity contribution in [2.24, 2.45) is 0 Å².